The minimum absolute atomic E-state index is 0.00147. The molecule has 2 aromatic carbocycles. The molecule has 2 atom stereocenters. The Kier molecular flexibility index (Phi) is 7.80. The molecule has 11 heteroatoms. The molecule has 39 heavy (non-hydrogen) atoms. The summed E-state index contributed by atoms with van der Waals surface area (Å²) in [5.74, 6) is -4.86. The van der Waals surface area contributed by atoms with Crippen LogP contribution in [0.5, 0.6) is 0 Å². The van der Waals surface area contributed by atoms with Gasteiger partial charge in [-0.25, -0.2) is 9.59 Å². The Balaban J connectivity index is 1.99. The van der Waals surface area contributed by atoms with E-state index >= 15 is 0 Å². The van der Waals surface area contributed by atoms with E-state index in [0.29, 0.717) is 0 Å². The van der Waals surface area contributed by atoms with Crippen molar-refractivity contribution < 1.29 is 33.6 Å². The van der Waals surface area contributed by atoms with Crippen LogP contribution in [0, 0.1) is 10.1 Å². The molecule has 1 aliphatic heterocycles. The van der Waals surface area contributed by atoms with Gasteiger partial charge in [0.05, 0.1) is 24.1 Å². The Morgan fingerprint density at radius 1 is 0.897 bits per heavy atom. The van der Waals surface area contributed by atoms with E-state index in [1.807, 2.05) is 0 Å². The van der Waals surface area contributed by atoms with E-state index in [4.69, 9.17) is 9.47 Å². The molecule has 1 saturated heterocycles. The maximum Gasteiger partial charge on any atom is 0.344 e. The molecule has 200 valence electrons. The molecule has 1 fully saturated rings. The van der Waals surface area contributed by atoms with Crippen LogP contribution in [0.1, 0.15) is 46.2 Å². The van der Waals surface area contributed by atoms with Crippen molar-refractivity contribution in [3.05, 3.63) is 106 Å². The van der Waals surface area contributed by atoms with Gasteiger partial charge in [-0.1, -0.05) is 36.4 Å². The number of ether oxygens (including phenoxy) is 2. The zero-order chi connectivity index (χ0) is 28.2. The van der Waals surface area contributed by atoms with Crippen molar-refractivity contribution in [3.63, 3.8) is 0 Å². The van der Waals surface area contributed by atoms with Crippen LogP contribution in [-0.4, -0.2) is 63.2 Å². The van der Waals surface area contributed by atoms with E-state index in [1.54, 1.807) is 30.3 Å². The molecule has 0 N–H and O–H groups in total. The molecule has 1 aliphatic rings. The van der Waals surface area contributed by atoms with Gasteiger partial charge in [0, 0.05) is 23.9 Å². The molecular weight excluding hydrogens is 506 g/mol. The third kappa shape index (κ3) is 4.63. The highest BCUT2D eigenvalue weighted by Crippen LogP contribution is 2.52. The number of carbonyl (C=O) groups excluding carboxylic acids is 4. The number of pyridine rings is 1. The lowest BCUT2D eigenvalue weighted by atomic mass is 9.62. The lowest BCUT2D eigenvalue weighted by molar-refractivity contribution is -0.384. The van der Waals surface area contributed by atoms with E-state index in [0.717, 1.165) is 4.90 Å². The molecule has 4 rings (SSSR count). The number of esters is 2. The van der Waals surface area contributed by atoms with Crippen molar-refractivity contribution in [3.8, 4) is 0 Å². The van der Waals surface area contributed by atoms with Crippen LogP contribution in [0.25, 0.3) is 0 Å². The van der Waals surface area contributed by atoms with Gasteiger partial charge in [0.1, 0.15) is 11.7 Å². The Hall–Kier alpha value is -4.93. The molecule has 1 aromatic heterocycles. The highest BCUT2D eigenvalue weighted by Gasteiger charge is 2.75. The SMILES string of the molecule is CCOC(=O)C1(C(=O)OCC)[C@H](c2ccc([N+](=O)[O-])cc2)[C@@H](C(=O)c2ccccn2)N1C(=O)c1ccccc1. The molecule has 0 spiro atoms. The molecule has 11 nitrogen and oxygen atoms in total. The average molecular weight is 532 g/mol. The van der Waals surface area contributed by atoms with Crippen molar-refractivity contribution in [2.45, 2.75) is 31.3 Å². The number of amides is 1. The number of Topliss-reactive ketones (excluding diaryl/α,β-unsaturated/α-hetero) is 1. The summed E-state index contributed by atoms with van der Waals surface area (Å²) in [5.41, 5.74) is -2.27. The number of hydrogen-bond acceptors (Lipinski definition) is 9. The van der Waals surface area contributed by atoms with Crippen LogP contribution < -0.4 is 0 Å². The quantitative estimate of drug-likeness (QED) is 0.133. The molecule has 0 saturated carbocycles. The summed E-state index contributed by atoms with van der Waals surface area (Å²) in [6.45, 7) is 2.82. The predicted molar refractivity (Wildman–Crippen MR) is 137 cm³/mol. The van der Waals surface area contributed by atoms with Crippen molar-refractivity contribution in [2.75, 3.05) is 13.2 Å². The van der Waals surface area contributed by atoms with Crippen LogP contribution >= 0.6 is 0 Å². The Morgan fingerprint density at radius 2 is 1.49 bits per heavy atom. The van der Waals surface area contributed by atoms with Gasteiger partial charge in [0.25, 0.3) is 11.6 Å². The topological polar surface area (TPSA) is 146 Å². The molecule has 0 aliphatic carbocycles. The first kappa shape index (κ1) is 27.1. The van der Waals surface area contributed by atoms with Crippen LogP contribution in [0.4, 0.5) is 5.69 Å². The Bertz CT molecular complexity index is 1380. The second-order valence-electron chi connectivity index (χ2n) is 8.60. The highest BCUT2D eigenvalue weighted by molar-refractivity contribution is 6.18. The maximum atomic E-state index is 14.0. The van der Waals surface area contributed by atoms with Crippen LogP contribution in [0.2, 0.25) is 0 Å². The van der Waals surface area contributed by atoms with Crippen molar-refractivity contribution in [1.29, 1.82) is 0 Å². The number of ketones is 1. The zero-order valence-corrected chi connectivity index (χ0v) is 21.2. The number of nitro groups is 1. The van der Waals surface area contributed by atoms with Gasteiger partial charge < -0.3 is 14.4 Å². The molecule has 0 unspecified atom stereocenters. The third-order valence-electron chi connectivity index (χ3n) is 6.49. The monoisotopic (exact) mass is 531 g/mol. The summed E-state index contributed by atoms with van der Waals surface area (Å²) in [5, 5.41) is 11.3. The van der Waals surface area contributed by atoms with Gasteiger partial charge in [-0.3, -0.25) is 24.7 Å². The van der Waals surface area contributed by atoms with Crippen molar-refractivity contribution in [1.82, 2.24) is 9.88 Å². The summed E-state index contributed by atoms with van der Waals surface area (Å²) >= 11 is 0. The van der Waals surface area contributed by atoms with Gasteiger partial charge in [-0.15, -0.1) is 0 Å². The Labute approximate surface area is 223 Å². The fourth-order valence-electron chi connectivity index (χ4n) is 4.84. The average Bonchev–Trinajstić information content (AvgIpc) is 2.94. The van der Waals surface area contributed by atoms with Gasteiger partial charge in [-0.05, 0) is 43.7 Å². The normalized spacial score (nSPS) is 17.4. The summed E-state index contributed by atoms with van der Waals surface area (Å²) in [6.07, 6.45) is 1.40. The minimum atomic E-state index is -2.38. The molecule has 2 heterocycles. The molecule has 1 amide bonds. The first-order chi connectivity index (χ1) is 18.8. The van der Waals surface area contributed by atoms with E-state index in [1.165, 1.54) is 62.5 Å². The van der Waals surface area contributed by atoms with E-state index in [9.17, 15) is 29.3 Å². The molecule has 0 bridgehead atoms. The van der Waals surface area contributed by atoms with Gasteiger partial charge in [0.2, 0.25) is 11.3 Å². The zero-order valence-electron chi connectivity index (χ0n) is 21.2. The third-order valence-corrected chi connectivity index (χ3v) is 6.49. The molecular formula is C28H25N3O8. The lowest BCUT2D eigenvalue weighted by Crippen LogP contribution is -2.82. The van der Waals surface area contributed by atoms with Gasteiger partial charge >= 0.3 is 11.9 Å². The summed E-state index contributed by atoms with van der Waals surface area (Å²) < 4.78 is 10.6. The number of aromatic nitrogens is 1. The Morgan fingerprint density at radius 3 is 2.00 bits per heavy atom. The maximum absolute atomic E-state index is 14.0. The number of non-ortho nitro benzene ring substituents is 1. The van der Waals surface area contributed by atoms with E-state index < -0.39 is 46.1 Å². The van der Waals surface area contributed by atoms with Crippen LogP contribution in [0.15, 0.2) is 79.0 Å². The second kappa shape index (κ2) is 11.2. The molecule has 3 aromatic rings. The number of benzene rings is 2. The van der Waals surface area contributed by atoms with Crippen molar-refractivity contribution in [2.24, 2.45) is 0 Å². The predicted octanol–water partition coefficient (Wildman–Crippen LogP) is 3.35. The number of nitro benzene ring substituents is 1. The second-order valence-corrected chi connectivity index (χ2v) is 8.60. The fourth-order valence-corrected chi connectivity index (χ4v) is 4.84. The number of likely N-dealkylation sites (tertiary alicyclic amines) is 1. The first-order valence-corrected chi connectivity index (χ1v) is 12.2. The van der Waals surface area contributed by atoms with Crippen molar-refractivity contribution >= 4 is 29.3 Å². The van der Waals surface area contributed by atoms with E-state index in [-0.39, 0.29) is 35.7 Å². The highest BCUT2D eigenvalue weighted by atomic mass is 16.6. The standard InChI is InChI=1S/C28H25N3O8/c1-3-38-26(34)28(27(35)39-4-2)22(18-13-15-20(16-14-18)31(36)37)23(24(32)21-12-8-9-17-29-21)30(28)25(33)19-10-6-5-7-11-19/h5-17,22-23H,3-4H2,1-2H3/t22-,23+/m1/s1. The number of nitrogens with zero attached hydrogens (tertiary/aromatic N) is 3. The molecule has 0 radical (unpaired) electrons. The minimum Gasteiger partial charge on any atom is -0.464 e. The van der Waals surface area contributed by atoms with E-state index in [2.05, 4.69) is 4.98 Å². The van der Waals surface area contributed by atoms with Crippen LogP contribution in [-0.2, 0) is 19.1 Å². The van der Waals surface area contributed by atoms with Gasteiger partial charge in [0.15, 0.2) is 0 Å². The number of carbonyl (C=O) groups is 4. The lowest BCUT2D eigenvalue weighted by Gasteiger charge is -2.58. The van der Waals surface area contributed by atoms with Crippen LogP contribution in [0.3, 0.4) is 0 Å². The summed E-state index contributed by atoms with van der Waals surface area (Å²) in [6, 6.07) is 16.2. The summed E-state index contributed by atoms with van der Waals surface area (Å²) in [4.78, 5) is 71.0. The number of hydrogen-bond donors (Lipinski definition) is 0. The largest absolute Gasteiger partial charge is 0.464 e. The van der Waals surface area contributed by atoms with Gasteiger partial charge in [-0.2, -0.15) is 0 Å². The number of rotatable bonds is 9. The smallest absolute Gasteiger partial charge is 0.344 e. The first-order valence-electron chi connectivity index (χ1n) is 12.2. The fraction of sp³-hybridized carbons (Fsp3) is 0.250. The summed E-state index contributed by atoms with van der Waals surface area (Å²) in [7, 11) is 0.